The van der Waals surface area contributed by atoms with Crippen LogP contribution >= 0.6 is 0 Å². The van der Waals surface area contributed by atoms with Crippen LogP contribution in [0.2, 0.25) is 0 Å². The number of ether oxygens (including phenoxy) is 1. The van der Waals surface area contributed by atoms with Crippen molar-refractivity contribution in [2.45, 2.75) is 23.6 Å². The summed E-state index contributed by atoms with van der Waals surface area (Å²) in [5, 5.41) is 0. The van der Waals surface area contributed by atoms with Gasteiger partial charge in [-0.05, 0) is 98.8 Å². The monoisotopic (exact) mass is 714 g/mol. The largest absolute Gasteiger partial charge is 0.457 e. The minimum absolute atomic E-state index is 0.181. The summed E-state index contributed by atoms with van der Waals surface area (Å²) in [5.41, 5.74) is 5.33. The number of hydrogen-bond donors (Lipinski definition) is 2. The molecule has 0 aliphatic carbocycles. The lowest BCUT2D eigenvalue weighted by Crippen LogP contribution is -2.14. The second kappa shape index (κ2) is 15.2. The van der Waals surface area contributed by atoms with Crippen LogP contribution in [0.15, 0.2) is 165 Å². The maximum Gasteiger partial charge on any atom is 0.261 e. The van der Waals surface area contributed by atoms with Gasteiger partial charge in [0.05, 0.1) is 32.5 Å². The number of anilines is 2. The van der Waals surface area contributed by atoms with E-state index in [9.17, 15) is 16.8 Å². The summed E-state index contributed by atoms with van der Waals surface area (Å²) in [6.45, 7) is 3.80. The van der Waals surface area contributed by atoms with Gasteiger partial charge in [0.1, 0.15) is 11.5 Å². The number of rotatable bonds is 12. The van der Waals surface area contributed by atoms with Crippen LogP contribution in [-0.4, -0.2) is 29.3 Å². The maximum atomic E-state index is 12.9. The van der Waals surface area contributed by atoms with E-state index >= 15 is 0 Å². The predicted molar refractivity (Wildman–Crippen MR) is 204 cm³/mol. The van der Waals surface area contributed by atoms with Crippen LogP contribution in [-0.2, 0) is 20.0 Å². The average molecular weight is 715 g/mol. The number of nitrogens with one attached hydrogen (secondary N) is 2. The molecule has 9 nitrogen and oxygen atoms in total. The van der Waals surface area contributed by atoms with Gasteiger partial charge in [-0.15, -0.1) is 0 Å². The van der Waals surface area contributed by atoms with Crippen LogP contribution in [0.3, 0.4) is 0 Å². The Balaban J connectivity index is 1.07. The third-order valence-corrected chi connectivity index (χ3v) is 10.5. The Bertz CT molecular complexity index is 2240. The SMILES string of the molecule is Cc1ccc(S(=O)(=O)Nc2ccccc2C=Nc2ccc(Oc3ccc(N=Cc4ccccc4NS(=O)(=O)c4ccc(C)cc4)cc3)cc2)cc1. The van der Waals surface area contributed by atoms with Gasteiger partial charge < -0.3 is 4.74 Å². The van der Waals surface area contributed by atoms with E-state index in [0.29, 0.717) is 45.4 Å². The predicted octanol–water partition coefficient (Wildman–Crippen LogP) is 9.20. The molecule has 0 saturated heterocycles. The summed E-state index contributed by atoms with van der Waals surface area (Å²) < 4.78 is 63.1. The Morgan fingerprint density at radius 2 is 0.824 bits per heavy atom. The van der Waals surface area contributed by atoms with Crippen LogP contribution in [0.5, 0.6) is 11.5 Å². The van der Waals surface area contributed by atoms with E-state index in [-0.39, 0.29) is 9.79 Å². The Morgan fingerprint density at radius 1 is 0.471 bits per heavy atom. The van der Waals surface area contributed by atoms with Crippen molar-refractivity contribution in [3.63, 3.8) is 0 Å². The van der Waals surface area contributed by atoms with Gasteiger partial charge in [-0.3, -0.25) is 19.4 Å². The minimum Gasteiger partial charge on any atom is -0.457 e. The molecule has 256 valence electrons. The van der Waals surface area contributed by atoms with Gasteiger partial charge in [0.25, 0.3) is 20.0 Å². The molecule has 6 aromatic rings. The van der Waals surface area contributed by atoms with Crippen molar-refractivity contribution >= 4 is 55.2 Å². The molecule has 0 aliphatic heterocycles. The zero-order chi connectivity index (χ0) is 35.8. The van der Waals surface area contributed by atoms with Crippen molar-refractivity contribution in [2.75, 3.05) is 9.44 Å². The number of aliphatic imine (C=N–C) groups is 2. The highest BCUT2D eigenvalue weighted by Crippen LogP contribution is 2.27. The minimum atomic E-state index is -3.77. The molecule has 0 unspecified atom stereocenters. The quantitative estimate of drug-likeness (QED) is 0.122. The Kier molecular flexibility index (Phi) is 10.4. The van der Waals surface area contributed by atoms with Crippen LogP contribution in [0.1, 0.15) is 22.3 Å². The molecule has 0 spiro atoms. The molecular weight excluding hydrogens is 681 g/mol. The molecule has 0 bridgehead atoms. The van der Waals surface area contributed by atoms with E-state index in [1.54, 1.807) is 146 Å². The topological polar surface area (TPSA) is 126 Å². The molecule has 0 radical (unpaired) electrons. The number of hydrogen-bond acceptors (Lipinski definition) is 7. The van der Waals surface area contributed by atoms with E-state index in [2.05, 4.69) is 19.4 Å². The number of sulfonamides is 2. The Labute approximate surface area is 298 Å². The summed E-state index contributed by atoms with van der Waals surface area (Å²) in [6.07, 6.45) is 3.22. The molecule has 0 aliphatic rings. The van der Waals surface area contributed by atoms with Crippen LogP contribution < -0.4 is 14.2 Å². The van der Waals surface area contributed by atoms with Gasteiger partial charge in [-0.25, -0.2) is 16.8 Å². The summed E-state index contributed by atoms with van der Waals surface area (Å²) in [5.74, 6) is 1.21. The third kappa shape index (κ3) is 9.15. The summed E-state index contributed by atoms with van der Waals surface area (Å²) in [6, 6.07) is 41.8. The van der Waals surface area contributed by atoms with E-state index < -0.39 is 20.0 Å². The normalized spacial score (nSPS) is 11.9. The number of aryl methyl sites for hydroxylation is 2. The van der Waals surface area contributed by atoms with E-state index in [1.807, 2.05) is 26.0 Å². The smallest absolute Gasteiger partial charge is 0.261 e. The fourth-order valence-electron chi connectivity index (χ4n) is 4.87. The van der Waals surface area contributed by atoms with Crippen molar-refractivity contribution in [3.8, 4) is 11.5 Å². The highest BCUT2D eigenvalue weighted by Gasteiger charge is 2.16. The second-order valence-corrected chi connectivity index (χ2v) is 15.0. The standard InChI is InChI=1S/C40H34N4O5S2/c1-29-11-23-37(24-12-29)50(45,46)43-39-9-5-3-7-31(39)27-41-33-15-19-35(20-16-33)49-36-21-17-34(18-22-36)42-28-32-8-4-6-10-40(32)44-51(47,48)38-25-13-30(2)14-26-38/h3-28,43-44H,1-2H3. The van der Waals surface area contributed by atoms with E-state index in [4.69, 9.17) is 4.74 Å². The molecule has 0 aromatic heterocycles. The molecule has 51 heavy (non-hydrogen) atoms. The summed E-state index contributed by atoms with van der Waals surface area (Å²) in [4.78, 5) is 9.43. The first kappa shape index (κ1) is 34.8. The lowest BCUT2D eigenvalue weighted by Gasteiger charge is -2.11. The maximum absolute atomic E-state index is 12.9. The van der Waals surface area contributed by atoms with Crippen molar-refractivity contribution in [2.24, 2.45) is 9.98 Å². The van der Waals surface area contributed by atoms with Crippen molar-refractivity contribution < 1.29 is 21.6 Å². The molecule has 11 heteroatoms. The molecule has 6 aromatic carbocycles. The van der Waals surface area contributed by atoms with Gasteiger partial charge in [-0.2, -0.15) is 0 Å². The summed E-state index contributed by atoms with van der Waals surface area (Å²) >= 11 is 0. The van der Waals surface area contributed by atoms with Crippen molar-refractivity contribution in [3.05, 3.63) is 168 Å². The third-order valence-electron chi connectivity index (χ3n) is 7.69. The Morgan fingerprint density at radius 3 is 1.20 bits per heavy atom. The van der Waals surface area contributed by atoms with E-state index in [0.717, 1.165) is 11.1 Å². The first-order chi connectivity index (χ1) is 24.5. The highest BCUT2D eigenvalue weighted by atomic mass is 32.2. The van der Waals surface area contributed by atoms with Crippen LogP contribution in [0.25, 0.3) is 0 Å². The molecule has 2 N–H and O–H groups in total. The van der Waals surface area contributed by atoms with Crippen LogP contribution in [0.4, 0.5) is 22.7 Å². The first-order valence-electron chi connectivity index (χ1n) is 15.9. The zero-order valence-electron chi connectivity index (χ0n) is 27.8. The first-order valence-corrected chi connectivity index (χ1v) is 18.8. The average Bonchev–Trinajstić information content (AvgIpc) is 3.12. The number of benzene rings is 6. The zero-order valence-corrected chi connectivity index (χ0v) is 29.4. The molecule has 0 amide bonds. The van der Waals surface area contributed by atoms with Crippen LogP contribution in [0, 0.1) is 13.8 Å². The Hall–Kier alpha value is -6.04. The molecular formula is C40H34N4O5S2. The molecule has 0 saturated carbocycles. The lowest BCUT2D eigenvalue weighted by atomic mass is 10.2. The molecule has 6 rings (SSSR count). The highest BCUT2D eigenvalue weighted by molar-refractivity contribution is 7.93. The van der Waals surface area contributed by atoms with Gasteiger partial charge in [0, 0.05) is 23.6 Å². The van der Waals surface area contributed by atoms with Gasteiger partial charge in [-0.1, -0.05) is 71.8 Å². The fraction of sp³-hybridized carbons (Fsp3) is 0.0500. The van der Waals surface area contributed by atoms with E-state index in [1.165, 1.54) is 0 Å². The van der Waals surface area contributed by atoms with Gasteiger partial charge >= 0.3 is 0 Å². The number of nitrogens with zero attached hydrogens (tertiary/aromatic N) is 2. The molecule has 0 atom stereocenters. The second-order valence-electron chi connectivity index (χ2n) is 11.6. The van der Waals surface area contributed by atoms with Gasteiger partial charge in [0.15, 0.2) is 0 Å². The molecule has 0 heterocycles. The number of para-hydroxylation sites is 2. The fourth-order valence-corrected chi connectivity index (χ4v) is 7.05. The lowest BCUT2D eigenvalue weighted by molar-refractivity contribution is 0.483. The van der Waals surface area contributed by atoms with Crippen molar-refractivity contribution in [1.29, 1.82) is 0 Å². The summed E-state index contributed by atoms with van der Waals surface area (Å²) in [7, 11) is -7.53. The van der Waals surface area contributed by atoms with Crippen molar-refractivity contribution in [1.82, 2.24) is 0 Å². The molecule has 0 fully saturated rings. The van der Waals surface area contributed by atoms with Gasteiger partial charge in [0.2, 0.25) is 0 Å².